The van der Waals surface area contributed by atoms with Crippen LogP contribution in [0.25, 0.3) is 0 Å². The normalized spacial score (nSPS) is 16.8. The molecule has 1 N–H and O–H groups in total. The van der Waals surface area contributed by atoms with Gasteiger partial charge in [-0.15, -0.1) is 24.8 Å². The van der Waals surface area contributed by atoms with Crippen LogP contribution in [0.4, 0.5) is 0 Å². The van der Waals surface area contributed by atoms with E-state index in [1.807, 2.05) is 0 Å². The lowest BCUT2D eigenvalue weighted by atomic mass is 9.96. The van der Waals surface area contributed by atoms with Gasteiger partial charge in [0.1, 0.15) is 0 Å². The van der Waals surface area contributed by atoms with Crippen molar-refractivity contribution in [3.05, 3.63) is 32.7 Å². The first kappa shape index (κ1) is 22.7. The molecule has 1 aromatic rings. The second-order valence-electron chi connectivity index (χ2n) is 5.95. The quantitative estimate of drug-likeness (QED) is 0.608. The zero-order valence-corrected chi connectivity index (χ0v) is 18.0. The number of rotatable bonds is 5. The van der Waals surface area contributed by atoms with Gasteiger partial charge in [0.2, 0.25) is 0 Å². The van der Waals surface area contributed by atoms with Crippen LogP contribution in [-0.4, -0.2) is 31.1 Å². The highest BCUT2D eigenvalue weighted by molar-refractivity contribution is 9.13. The summed E-state index contributed by atoms with van der Waals surface area (Å²) < 4.78 is 2.28. The minimum Gasteiger partial charge on any atom is -0.314 e. The second-order valence-corrected chi connectivity index (χ2v) is 7.66. The topological polar surface area (TPSA) is 15.3 Å². The lowest BCUT2D eigenvalue weighted by molar-refractivity contribution is 0.159. The van der Waals surface area contributed by atoms with E-state index in [-0.39, 0.29) is 24.8 Å². The molecule has 0 radical (unpaired) electrons. The molecule has 1 heterocycles. The molecule has 0 aromatic heterocycles. The SMILES string of the molecule is CC(C)CC[C@@H](c1ccc(Br)c(Br)c1)N1CCNCC1.Cl.Cl. The van der Waals surface area contributed by atoms with Crippen molar-refractivity contribution in [1.82, 2.24) is 10.2 Å². The lowest BCUT2D eigenvalue weighted by Gasteiger charge is -2.36. The Balaban J connectivity index is 0.00000220. The Bertz CT molecular complexity index is 438. The van der Waals surface area contributed by atoms with Gasteiger partial charge in [0, 0.05) is 41.2 Å². The highest BCUT2D eigenvalue weighted by atomic mass is 79.9. The van der Waals surface area contributed by atoms with E-state index in [1.54, 1.807) is 0 Å². The van der Waals surface area contributed by atoms with Gasteiger partial charge in [0.05, 0.1) is 0 Å². The molecule has 0 unspecified atom stereocenters. The third kappa shape index (κ3) is 6.66. The van der Waals surface area contributed by atoms with Crippen molar-refractivity contribution in [2.45, 2.75) is 32.7 Å². The van der Waals surface area contributed by atoms with E-state index >= 15 is 0 Å². The van der Waals surface area contributed by atoms with Crippen LogP contribution in [0.15, 0.2) is 27.1 Å². The smallest absolute Gasteiger partial charge is 0.0349 e. The Morgan fingerprint density at radius 1 is 1.05 bits per heavy atom. The summed E-state index contributed by atoms with van der Waals surface area (Å²) in [6, 6.07) is 7.24. The van der Waals surface area contributed by atoms with E-state index in [2.05, 4.69) is 74.1 Å². The second kappa shape index (κ2) is 11.3. The molecule has 1 aliphatic rings. The van der Waals surface area contributed by atoms with Crippen LogP contribution in [0, 0.1) is 5.92 Å². The summed E-state index contributed by atoms with van der Waals surface area (Å²) in [5.74, 6) is 0.763. The predicted octanol–water partition coefficient (Wildman–Crippen LogP) is 5.44. The fourth-order valence-corrected chi connectivity index (χ4v) is 3.41. The van der Waals surface area contributed by atoms with Crippen molar-refractivity contribution >= 4 is 56.7 Å². The lowest BCUT2D eigenvalue weighted by Crippen LogP contribution is -2.45. The number of nitrogens with zero attached hydrogens (tertiary/aromatic N) is 1. The van der Waals surface area contributed by atoms with E-state index in [4.69, 9.17) is 0 Å². The maximum atomic E-state index is 3.64. The molecule has 2 nitrogen and oxygen atoms in total. The molecule has 0 amide bonds. The third-order valence-electron chi connectivity index (χ3n) is 3.94. The average Bonchev–Trinajstić information content (AvgIpc) is 2.44. The Morgan fingerprint density at radius 3 is 2.23 bits per heavy atom. The molecule has 0 aliphatic carbocycles. The first-order valence-corrected chi connectivity index (χ1v) is 9.06. The summed E-state index contributed by atoms with van der Waals surface area (Å²) in [4.78, 5) is 2.63. The number of piperazine rings is 1. The molecule has 1 saturated heterocycles. The molecule has 128 valence electrons. The van der Waals surface area contributed by atoms with Crippen LogP contribution in [0.3, 0.4) is 0 Å². The molecule has 2 rings (SSSR count). The highest BCUT2D eigenvalue weighted by Crippen LogP contribution is 2.32. The van der Waals surface area contributed by atoms with Crippen molar-refractivity contribution in [3.63, 3.8) is 0 Å². The van der Waals surface area contributed by atoms with Gasteiger partial charge in [-0.05, 0) is 68.3 Å². The van der Waals surface area contributed by atoms with Crippen molar-refractivity contribution in [3.8, 4) is 0 Å². The minimum atomic E-state index is 0. The van der Waals surface area contributed by atoms with Crippen LogP contribution in [0.1, 0.15) is 38.3 Å². The standard InChI is InChI=1S/C16H24Br2N2.2ClH/c1-12(2)3-6-16(20-9-7-19-8-10-20)13-4-5-14(17)15(18)11-13;;/h4-5,11-12,16,19H,3,6-10H2,1-2H3;2*1H/t16-;;/m0../s1. The zero-order valence-electron chi connectivity index (χ0n) is 13.1. The van der Waals surface area contributed by atoms with Gasteiger partial charge < -0.3 is 5.32 Å². The van der Waals surface area contributed by atoms with Gasteiger partial charge in [0.15, 0.2) is 0 Å². The summed E-state index contributed by atoms with van der Waals surface area (Å²) >= 11 is 7.21. The van der Waals surface area contributed by atoms with Crippen LogP contribution in [-0.2, 0) is 0 Å². The Labute approximate surface area is 163 Å². The Morgan fingerprint density at radius 2 is 1.68 bits per heavy atom. The Kier molecular flexibility index (Phi) is 11.6. The molecule has 1 fully saturated rings. The molecule has 0 spiro atoms. The summed E-state index contributed by atoms with van der Waals surface area (Å²) in [5, 5.41) is 3.45. The maximum absolute atomic E-state index is 3.64. The molecule has 22 heavy (non-hydrogen) atoms. The van der Waals surface area contributed by atoms with E-state index < -0.39 is 0 Å². The highest BCUT2D eigenvalue weighted by Gasteiger charge is 2.22. The number of hydrogen-bond donors (Lipinski definition) is 1. The molecular weight excluding hydrogens is 451 g/mol. The van der Waals surface area contributed by atoms with Crippen LogP contribution >= 0.6 is 56.7 Å². The third-order valence-corrected chi connectivity index (χ3v) is 5.82. The number of nitrogens with one attached hydrogen (secondary N) is 1. The molecule has 6 heteroatoms. The minimum absolute atomic E-state index is 0. The summed E-state index contributed by atoms with van der Waals surface area (Å²) in [6.07, 6.45) is 2.52. The van der Waals surface area contributed by atoms with Gasteiger partial charge in [-0.25, -0.2) is 0 Å². The summed E-state index contributed by atoms with van der Waals surface area (Å²) in [5.41, 5.74) is 1.43. The van der Waals surface area contributed by atoms with Gasteiger partial charge in [-0.1, -0.05) is 19.9 Å². The molecule has 0 bridgehead atoms. The molecule has 1 aliphatic heterocycles. The monoisotopic (exact) mass is 474 g/mol. The van der Waals surface area contributed by atoms with Crippen LogP contribution < -0.4 is 5.32 Å². The first-order valence-electron chi connectivity index (χ1n) is 7.47. The summed E-state index contributed by atoms with van der Waals surface area (Å²) in [6.45, 7) is 9.14. The van der Waals surface area contributed by atoms with Crippen molar-refractivity contribution < 1.29 is 0 Å². The maximum Gasteiger partial charge on any atom is 0.0349 e. The Hall–Kier alpha value is 0.680. The van der Waals surface area contributed by atoms with E-state index in [1.165, 1.54) is 18.4 Å². The summed E-state index contributed by atoms with van der Waals surface area (Å²) in [7, 11) is 0. The predicted molar refractivity (Wildman–Crippen MR) is 108 cm³/mol. The van der Waals surface area contributed by atoms with Gasteiger partial charge in [0.25, 0.3) is 0 Å². The van der Waals surface area contributed by atoms with E-state index in [0.29, 0.717) is 6.04 Å². The number of benzene rings is 1. The molecule has 0 saturated carbocycles. The van der Waals surface area contributed by atoms with Gasteiger partial charge in [-0.3, -0.25) is 4.90 Å². The molecule has 1 atom stereocenters. The van der Waals surface area contributed by atoms with Gasteiger partial charge in [-0.2, -0.15) is 0 Å². The number of halogens is 4. The first-order chi connectivity index (χ1) is 9.58. The van der Waals surface area contributed by atoms with Crippen molar-refractivity contribution in [2.24, 2.45) is 5.92 Å². The fourth-order valence-electron chi connectivity index (χ4n) is 2.76. The van der Waals surface area contributed by atoms with Crippen LogP contribution in [0.5, 0.6) is 0 Å². The van der Waals surface area contributed by atoms with Crippen molar-refractivity contribution in [2.75, 3.05) is 26.2 Å². The van der Waals surface area contributed by atoms with E-state index in [0.717, 1.165) is 41.0 Å². The van der Waals surface area contributed by atoms with Crippen LogP contribution in [0.2, 0.25) is 0 Å². The zero-order chi connectivity index (χ0) is 14.5. The number of hydrogen-bond acceptors (Lipinski definition) is 2. The molecule has 1 aromatic carbocycles. The molecular formula is C16H26Br2Cl2N2. The largest absolute Gasteiger partial charge is 0.314 e. The van der Waals surface area contributed by atoms with Gasteiger partial charge >= 0.3 is 0 Å². The van der Waals surface area contributed by atoms with E-state index in [9.17, 15) is 0 Å². The van der Waals surface area contributed by atoms with Crippen molar-refractivity contribution in [1.29, 1.82) is 0 Å². The fraction of sp³-hybridized carbons (Fsp3) is 0.625. The average molecular weight is 477 g/mol.